The predicted molar refractivity (Wildman–Crippen MR) is 45.1 cm³/mol. The van der Waals surface area contributed by atoms with Crippen LogP contribution < -0.4 is 5.73 Å². The van der Waals surface area contributed by atoms with Crippen LogP contribution in [0, 0.1) is 17.1 Å². The highest BCUT2D eigenvalue weighted by Gasteiger charge is 2.14. The molecule has 0 bridgehead atoms. The van der Waals surface area contributed by atoms with Crippen LogP contribution in [0.2, 0.25) is 0 Å². The van der Waals surface area contributed by atoms with Crippen LogP contribution in [0.25, 0.3) is 0 Å². The van der Waals surface area contributed by atoms with Crippen LogP contribution in [0.5, 0.6) is 0 Å². The van der Waals surface area contributed by atoms with E-state index in [0.717, 1.165) is 0 Å². The summed E-state index contributed by atoms with van der Waals surface area (Å²) >= 11 is 0. The van der Waals surface area contributed by atoms with Gasteiger partial charge in [0.25, 0.3) is 0 Å². The Morgan fingerprint density at radius 3 is 2.85 bits per heavy atom. The van der Waals surface area contributed by atoms with Gasteiger partial charge in [0.05, 0.1) is 24.3 Å². The van der Waals surface area contributed by atoms with Crippen LogP contribution in [-0.4, -0.2) is 11.7 Å². The lowest BCUT2D eigenvalue weighted by atomic mass is 10.0. The summed E-state index contributed by atoms with van der Waals surface area (Å²) in [4.78, 5) is 0. The highest BCUT2D eigenvalue weighted by atomic mass is 19.1. The highest BCUT2D eigenvalue weighted by molar-refractivity contribution is 5.40. The van der Waals surface area contributed by atoms with E-state index in [4.69, 9.17) is 16.1 Å². The second kappa shape index (κ2) is 3.99. The van der Waals surface area contributed by atoms with Crippen LogP contribution in [0.15, 0.2) is 18.2 Å². The Morgan fingerprint density at radius 2 is 2.31 bits per heavy atom. The molecular formula is C9H9FN2O. The number of aliphatic hydroxyl groups excluding tert-OH is 1. The molecule has 1 unspecified atom stereocenters. The Kier molecular flexibility index (Phi) is 2.96. The van der Waals surface area contributed by atoms with Crippen molar-refractivity contribution in [3.63, 3.8) is 0 Å². The van der Waals surface area contributed by atoms with Gasteiger partial charge in [0.1, 0.15) is 5.82 Å². The van der Waals surface area contributed by atoms with Crippen molar-refractivity contribution in [2.75, 3.05) is 6.61 Å². The van der Waals surface area contributed by atoms with Crippen molar-refractivity contribution in [3.8, 4) is 6.07 Å². The van der Waals surface area contributed by atoms with Gasteiger partial charge < -0.3 is 10.8 Å². The van der Waals surface area contributed by atoms with Crippen molar-refractivity contribution < 1.29 is 9.50 Å². The van der Waals surface area contributed by atoms with E-state index in [1.165, 1.54) is 18.2 Å². The summed E-state index contributed by atoms with van der Waals surface area (Å²) in [7, 11) is 0. The zero-order valence-electron chi connectivity index (χ0n) is 6.87. The Morgan fingerprint density at radius 1 is 1.62 bits per heavy atom. The van der Waals surface area contributed by atoms with Gasteiger partial charge in [-0.05, 0) is 12.1 Å². The molecule has 1 aromatic rings. The summed E-state index contributed by atoms with van der Waals surface area (Å²) in [6, 6.07) is 5.10. The molecule has 0 amide bonds. The smallest absolute Gasteiger partial charge is 0.129 e. The molecule has 0 saturated heterocycles. The van der Waals surface area contributed by atoms with Crippen LogP contribution in [0.4, 0.5) is 4.39 Å². The molecule has 0 aromatic heterocycles. The van der Waals surface area contributed by atoms with Gasteiger partial charge >= 0.3 is 0 Å². The summed E-state index contributed by atoms with van der Waals surface area (Å²) < 4.78 is 13.1. The Hall–Kier alpha value is -1.44. The standard InChI is InChI=1S/C9H9FN2O/c10-7-3-1-2-6(4-11)9(7)8(12)5-13/h1-3,8,13H,5,12H2. The van der Waals surface area contributed by atoms with E-state index in [0.29, 0.717) is 0 Å². The first-order valence-electron chi connectivity index (χ1n) is 3.75. The molecule has 0 spiro atoms. The Bertz CT molecular complexity index is 346. The van der Waals surface area contributed by atoms with Crippen LogP contribution >= 0.6 is 0 Å². The topological polar surface area (TPSA) is 70.0 Å². The maximum atomic E-state index is 13.1. The Labute approximate surface area is 75.2 Å². The van der Waals surface area contributed by atoms with Crippen LogP contribution in [0.3, 0.4) is 0 Å². The molecule has 4 heteroatoms. The quantitative estimate of drug-likeness (QED) is 0.703. The lowest BCUT2D eigenvalue weighted by Crippen LogP contribution is -2.17. The number of nitriles is 1. The number of hydrogen-bond acceptors (Lipinski definition) is 3. The fourth-order valence-electron chi connectivity index (χ4n) is 1.10. The molecule has 0 heterocycles. The molecule has 0 fully saturated rings. The molecule has 3 nitrogen and oxygen atoms in total. The Balaban J connectivity index is 3.24. The van der Waals surface area contributed by atoms with Gasteiger partial charge in [0, 0.05) is 5.56 Å². The molecule has 0 radical (unpaired) electrons. The fourth-order valence-corrected chi connectivity index (χ4v) is 1.10. The summed E-state index contributed by atoms with van der Waals surface area (Å²) in [5.41, 5.74) is 5.67. The molecule has 68 valence electrons. The lowest BCUT2D eigenvalue weighted by Gasteiger charge is -2.10. The highest BCUT2D eigenvalue weighted by Crippen LogP contribution is 2.18. The number of halogens is 1. The van der Waals surface area contributed by atoms with Gasteiger partial charge in [-0.3, -0.25) is 0 Å². The van der Waals surface area contributed by atoms with E-state index in [1.54, 1.807) is 0 Å². The number of aliphatic hydroxyl groups is 1. The third-order valence-electron chi connectivity index (χ3n) is 1.74. The third kappa shape index (κ3) is 1.83. The number of rotatable bonds is 2. The van der Waals surface area contributed by atoms with Gasteiger partial charge in [0.15, 0.2) is 0 Å². The first-order valence-corrected chi connectivity index (χ1v) is 3.75. The average molecular weight is 180 g/mol. The summed E-state index contributed by atoms with van der Waals surface area (Å²) in [6.07, 6.45) is 0. The molecule has 0 aliphatic heterocycles. The monoisotopic (exact) mass is 180 g/mol. The minimum atomic E-state index is -0.837. The van der Waals surface area contributed by atoms with Crippen LogP contribution in [0.1, 0.15) is 17.2 Å². The van der Waals surface area contributed by atoms with Gasteiger partial charge in [0.2, 0.25) is 0 Å². The average Bonchev–Trinajstić information content (AvgIpc) is 2.16. The van der Waals surface area contributed by atoms with E-state index in [9.17, 15) is 4.39 Å². The van der Waals surface area contributed by atoms with E-state index >= 15 is 0 Å². The second-order valence-electron chi connectivity index (χ2n) is 2.60. The normalized spacial score (nSPS) is 12.2. The maximum Gasteiger partial charge on any atom is 0.129 e. The van der Waals surface area contributed by atoms with Crippen molar-refractivity contribution >= 4 is 0 Å². The minimum absolute atomic E-state index is 0.0764. The lowest BCUT2D eigenvalue weighted by molar-refractivity contribution is 0.265. The fraction of sp³-hybridized carbons (Fsp3) is 0.222. The van der Waals surface area contributed by atoms with Gasteiger partial charge in [-0.15, -0.1) is 0 Å². The zero-order valence-corrected chi connectivity index (χ0v) is 6.87. The largest absolute Gasteiger partial charge is 0.394 e. The summed E-state index contributed by atoms with van der Waals surface area (Å²) in [5, 5.41) is 17.4. The first kappa shape index (κ1) is 9.65. The van der Waals surface area contributed by atoms with Crippen molar-refractivity contribution in [3.05, 3.63) is 35.1 Å². The molecular weight excluding hydrogens is 171 g/mol. The summed E-state index contributed by atoms with van der Waals surface area (Å²) in [5.74, 6) is -0.555. The van der Waals surface area contributed by atoms with Gasteiger partial charge in [-0.1, -0.05) is 6.07 Å². The van der Waals surface area contributed by atoms with E-state index < -0.39 is 11.9 Å². The molecule has 1 rings (SSSR count). The molecule has 0 aliphatic rings. The summed E-state index contributed by atoms with van der Waals surface area (Å²) in [6.45, 7) is -0.379. The third-order valence-corrected chi connectivity index (χ3v) is 1.74. The van der Waals surface area contributed by atoms with Crippen molar-refractivity contribution in [1.29, 1.82) is 5.26 Å². The second-order valence-corrected chi connectivity index (χ2v) is 2.60. The molecule has 3 N–H and O–H groups in total. The van der Waals surface area contributed by atoms with Gasteiger partial charge in [-0.2, -0.15) is 5.26 Å². The van der Waals surface area contributed by atoms with Crippen molar-refractivity contribution in [1.82, 2.24) is 0 Å². The van der Waals surface area contributed by atoms with Gasteiger partial charge in [-0.25, -0.2) is 4.39 Å². The number of nitrogens with zero attached hydrogens (tertiary/aromatic N) is 1. The molecule has 1 aromatic carbocycles. The molecule has 13 heavy (non-hydrogen) atoms. The van der Waals surface area contributed by atoms with E-state index in [2.05, 4.69) is 0 Å². The minimum Gasteiger partial charge on any atom is -0.394 e. The van der Waals surface area contributed by atoms with Crippen molar-refractivity contribution in [2.24, 2.45) is 5.73 Å². The van der Waals surface area contributed by atoms with E-state index in [-0.39, 0.29) is 17.7 Å². The van der Waals surface area contributed by atoms with Crippen LogP contribution in [-0.2, 0) is 0 Å². The number of hydrogen-bond donors (Lipinski definition) is 2. The number of nitrogens with two attached hydrogens (primary N) is 1. The maximum absolute atomic E-state index is 13.1. The SMILES string of the molecule is N#Cc1cccc(F)c1C(N)CO. The zero-order chi connectivity index (χ0) is 9.84. The first-order chi connectivity index (χ1) is 6.20. The predicted octanol–water partition coefficient (Wildman–Crippen LogP) is 0.689. The van der Waals surface area contributed by atoms with Crippen molar-refractivity contribution in [2.45, 2.75) is 6.04 Å². The molecule has 0 saturated carbocycles. The molecule has 0 aliphatic carbocycles. The molecule has 1 atom stereocenters. The number of benzene rings is 1. The van der Waals surface area contributed by atoms with E-state index in [1.807, 2.05) is 6.07 Å².